The van der Waals surface area contributed by atoms with Crippen LogP contribution in [-0.4, -0.2) is 15.0 Å². The van der Waals surface area contributed by atoms with Gasteiger partial charge in [0.25, 0.3) is 0 Å². The Kier molecular flexibility index (Phi) is 3.45. The molecule has 1 aliphatic carbocycles. The maximum Gasteiger partial charge on any atom is 0.250 e. The van der Waals surface area contributed by atoms with Gasteiger partial charge in [0.05, 0.1) is 3.79 Å². The largest absolute Gasteiger partial charge is 0.250 e. The van der Waals surface area contributed by atoms with Gasteiger partial charge in [0.1, 0.15) is 4.21 Å². The number of nitrogens with one attached hydrogen (secondary N) is 1. The van der Waals surface area contributed by atoms with E-state index in [9.17, 15) is 8.42 Å². The second-order valence-electron chi connectivity index (χ2n) is 4.24. The van der Waals surface area contributed by atoms with Crippen molar-refractivity contribution < 1.29 is 8.42 Å². The van der Waals surface area contributed by atoms with Gasteiger partial charge in [-0.2, -0.15) is 0 Å². The SMILES string of the molecule is CCC1(CNS(=O)(=O)c2ccc(Br)s2)CC1. The number of hydrogen-bond donors (Lipinski definition) is 1. The van der Waals surface area contributed by atoms with Crippen molar-refractivity contribution >= 4 is 37.3 Å². The normalized spacial score (nSPS) is 18.6. The van der Waals surface area contributed by atoms with E-state index in [1.54, 1.807) is 12.1 Å². The van der Waals surface area contributed by atoms with Gasteiger partial charge in [-0.1, -0.05) is 6.92 Å². The molecule has 1 N–H and O–H groups in total. The summed E-state index contributed by atoms with van der Waals surface area (Å²) in [4.78, 5) is 0. The second kappa shape index (κ2) is 4.40. The first kappa shape index (κ1) is 12.5. The molecule has 0 spiro atoms. The van der Waals surface area contributed by atoms with Crippen LogP contribution in [0.2, 0.25) is 0 Å². The summed E-state index contributed by atoms with van der Waals surface area (Å²) in [6.45, 7) is 2.68. The van der Waals surface area contributed by atoms with Crippen molar-refractivity contribution in [3.8, 4) is 0 Å². The molecule has 1 aromatic heterocycles. The van der Waals surface area contributed by atoms with Crippen LogP contribution in [0.1, 0.15) is 26.2 Å². The van der Waals surface area contributed by atoms with E-state index in [0.717, 1.165) is 23.0 Å². The van der Waals surface area contributed by atoms with E-state index in [0.29, 0.717) is 10.8 Å². The van der Waals surface area contributed by atoms with Crippen molar-refractivity contribution in [3.63, 3.8) is 0 Å². The van der Waals surface area contributed by atoms with E-state index in [4.69, 9.17) is 0 Å². The van der Waals surface area contributed by atoms with E-state index in [2.05, 4.69) is 27.6 Å². The molecular formula is C10H14BrNO2S2. The lowest BCUT2D eigenvalue weighted by Crippen LogP contribution is -2.29. The topological polar surface area (TPSA) is 46.2 Å². The Morgan fingerprint density at radius 1 is 1.50 bits per heavy atom. The highest BCUT2D eigenvalue weighted by atomic mass is 79.9. The minimum absolute atomic E-state index is 0.238. The van der Waals surface area contributed by atoms with Gasteiger partial charge in [0.15, 0.2) is 0 Å². The summed E-state index contributed by atoms with van der Waals surface area (Å²) in [7, 11) is -3.30. The molecule has 0 atom stereocenters. The molecule has 0 bridgehead atoms. The van der Waals surface area contributed by atoms with E-state index < -0.39 is 10.0 Å². The summed E-state index contributed by atoms with van der Waals surface area (Å²) >= 11 is 4.51. The third kappa shape index (κ3) is 2.67. The zero-order valence-electron chi connectivity index (χ0n) is 8.99. The Hall–Kier alpha value is 0.0900. The third-order valence-corrected chi connectivity index (χ3v) is 6.67. The number of halogens is 1. The van der Waals surface area contributed by atoms with Crippen LogP contribution in [0.25, 0.3) is 0 Å². The van der Waals surface area contributed by atoms with Gasteiger partial charge in [-0.3, -0.25) is 0 Å². The summed E-state index contributed by atoms with van der Waals surface area (Å²) in [6, 6.07) is 3.38. The van der Waals surface area contributed by atoms with Gasteiger partial charge in [0, 0.05) is 6.54 Å². The molecule has 0 aliphatic heterocycles. The molecule has 90 valence electrons. The lowest BCUT2D eigenvalue weighted by atomic mass is 10.1. The highest BCUT2D eigenvalue weighted by molar-refractivity contribution is 9.11. The smallest absolute Gasteiger partial charge is 0.210 e. The van der Waals surface area contributed by atoms with Crippen molar-refractivity contribution in [1.29, 1.82) is 0 Å². The maximum absolute atomic E-state index is 11.9. The highest BCUT2D eigenvalue weighted by Crippen LogP contribution is 2.48. The Morgan fingerprint density at radius 3 is 2.62 bits per heavy atom. The molecule has 0 saturated heterocycles. The molecule has 1 heterocycles. The van der Waals surface area contributed by atoms with Crippen molar-refractivity contribution in [2.45, 2.75) is 30.4 Å². The summed E-state index contributed by atoms with van der Waals surface area (Å²) in [5.41, 5.74) is 0.238. The van der Waals surface area contributed by atoms with Crippen LogP contribution in [0.3, 0.4) is 0 Å². The first-order valence-electron chi connectivity index (χ1n) is 5.22. The third-order valence-electron chi connectivity index (χ3n) is 3.16. The van der Waals surface area contributed by atoms with Gasteiger partial charge in [-0.15, -0.1) is 11.3 Å². The fourth-order valence-corrected chi connectivity index (χ4v) is 4.81. The summed E-state index contributed by atoms with van der Waals surface area (Å²) in [5, 5.41) is 0. The van der Waals surface area contributed by atoms with Gasteiger partial charge in [0.2, 0.25) is 10.0 Å². The molecule has 16 heavy (non-hydrogen) atoms. The average molecular weight is 324 g/mol. The molecule has 0 radical (unpaired) electrons. The molecule has 1 saturated carbocycles. The van der Waals surface area contributed by atoms with Crippen LogP contribution in [0.4, 0.5) is 0 Å². The molecule has 0 aromatic carbocycles. The number of rotatable bonds is 5. The van der Waals surface area contributed by atoms with E-state index in [1.165, 1.54) is 11.3 Å². The lowest BCUT2D eigenvalue weighted by molar-refractivity contribution is 0.476. The van der Waals surface area contributed by atoms with Crippen LogP contribution in [0.5, 0.6) is 0 Å². The second-order valence-corrected chi connectivity index (χ2v) is 8.69. The molecule has 1 aromatic rings. The van der Waals surface area contributed by atoms with E-state index >= 15 is 0 Å². The van der Waals surface area contributed by atoms with Crippen molar-refractivity contribution in [3.05, 3.63) is 15.9 Å². The van der Waals surface area contributed by atoms with Crippen LogP contribution in [0.15, 0.2) is 20.1 Å². The minimum Gasteiger partial charge on any atom is -0.210 e. The zero-order valence-corrected chi connectivity index (χ0v) is 12.2. The van der Waals surface area contributed by atoms with Crippen LogP contribution in [0, 0.1) is 5.41 Å². The van der Waals surface area contributed by atoms with Crippen LogP contribution >= 0.6 is 27.3 Å². The molecule has 2 rings (SSSR count). The first-order valence-corrected chi connectivity index (χ1v) is 8.32. The summed E-state index contributed by atoms with van der Waals surface area (Å²) in [5.74, 6) is 0. The molecule has 1 aliphatic rings. The fourth-order valence-electron chi connectivity index (χ4n) is 1.59. The van der Waals surface area contributed by atoms with Gasteiger partial charge >= 0.3 is 0 Å². The van der Waals surface area contributed by atoms with E-state index in [-0.39, 0.29) is 5.41 Å². The van der Waals surface area contributed by atoms with Crippen molar-refractivity contribution in [1.82, 2.24) is 4.72 Å². The molecule has 0 amide bonds. The Balaban J connectivity index is 2.04. The fraction of sp³-hybridized carbons (Fsp3) is 0.600. The molecule has 6 heteroatoms. The number of thiophene rings is 1. The van der Waals surface area contributed by atoms with Crippen molar-refractivity contribution in [2.24, 2.45) is 5.41 Å². The zero-order chi connectivity index (χ0) is 11.8. The Morgan fingerprint density at radius 2 is 2.19 bits per heavy atom. The minimum atomic E-state index is -3.30. The predicted molar refractivity (Wildman–Crippen MR) is 69.2 cm³/mol. The molecule has 1 fully saturated rings. The average Bonchev–Trinajstić information content (AvgIpc) is 2.91. The quantitative estimate of drug-likeness (QED) is 0.905. The van der Waals surface area contributed by atoms with Crippen LogP contribution < -0.4 is 4.72 Å². The van der Waals surface area contributed by atoms with Crippen LogP contribution in [-0.2, 0) is 10.0 Å². The monoisotopic (exact) mass is 323 g/mol. The lowest BCUT2D eigenvalue weighted by Gasteiger charge is -2.12. The molecule has 3 nitrogen and oxygen atoms in total. The molecular weight excluding hydrogens is 310 g/mol. The van der Waals surface area contributed by atoms with E-state index in [1.807, 2.05) is 0 Å². The summed E-state index contributed by atoms with van der Waals surface area (Å²) in [6.07, 6.45) is 3.32. The molecule has 0 unspecified atom stereocenters. The van der Waals surface area contributed by atoms with Gasteiger partial charge in [-0.05, 0) is 52.7 Å². The maximum atomic E-state index is 11.9. The van der Waals surface area contributed by atoms with Gasteiger partial charge < -0.3 is 0 Å². The highest BCUT2D eigenvalue weighted by Gasteiger charge is 2.41. The number of hydrogen-bond acceptors (Lipinski definition) is 3. The first-order chi connectivity index (χ1) is 7.47. The van der Waals surface area contributed by atoms with Gasteiger partial charge in [-0.25, -0.2) is 13.1 Å². The standard InChI is InChI=1S/C10H14BrNO2S2/c1-2-10(5-6-10)7-12-16(13,14)9-4-3-8(11)15-9/h3-4,12H,2,5-7H2,1H3. The Labute approximate surface area is 108 Å². The Bertz CT molecular complexity index is 477. The predicted octanol–water partition coefficient (Wildman–Crippen LogP) is 2.98. The number of sulfonamides is 1. The van der Waals surface area contributed by atoms with Crippen molar-refractivity contribution in [2.75, 3.05) is 6.54 Å². The summed E-state index contributed by atoms with van der Waals surface area (Å²) < 4.78 is 27.8.